The Morgan fingerprint density at radius 3 is 2.62 bits per heavy atom. The number of hydrogen-bond donors (Lipinski definition) is 1. The van der Waals surface area contributed by atoms with Crippen LogP contribution in [-0.4, -0.2) is 21.0 Å². The summed E-state index contributed by atoms with van der Waals surface area (Å²) in [6, 6.07) is 5.23. The van der Waals surface area contributed by atoms with E-state index in [9.17, 15) is 9.90 Å². The number of nitrogens with zero attached hydrogens (tertiary/aromatic N) is 2. The van der Waals surface area contributed by atoms with Gasteiger partial charge in [0.2, 0.25) is 0 Å². The van der Waals surface area contributed by atoms with E-state index in [-0.39, 0.29) is 5.56 Å². The maximum Gasteiger partial charge on any atom is 0.340 e. The van der Waals surface area contributed by atoms with E-state index in [4.69, 9.17) is 23.2 Å². The van der Waals surface area contributed by atoms with Crippen molar-refractivity contribution in [3.8, 4) is 0 Å². The molecule has 0 spiro atoms. The van der Waals surface area contributed by atoms with E-state index in [0.29, 0.717) is 32.3 Å². The van der Waals surface area contributed by atoms with Crippen LogP contribution in [0.1, 0.15) is 27.4 Å². The van der Waals surface area contributed by atoms with Gasteiger partial charge in [-0.3, -0.25) is 0 Å². The van der Waals surface area contributed by atoms with Gasteiger partial charge in [-0.25, -0.2) is 14.8 Å². The highest BCUT2D eigenvalue weighted by atomic mass is 35.5. The SMILES string of the molecule is Cc1nc(C)c(C(=O)O)c(SCc2ccc(Cl)cc2Cl)n1. The molecule has 0 aliphatic rings. The van der Waals surface area contributed by atoms with E-state index in [1.54, 1.807) is 26.0 Å². The molecule has 0 amide bonds. The van der Waals surface area contributed by atoms with Crippen LogP contribution in [0.5, 0.6) is 0 Å². The molecule has 2 aromatic rings. The minimum absolute atomic E-state index is 0.135. The molecule has 0 aliphatic carbocycles. The summed E-state index contributed by atoms with van der Waals surface area (Å²) in [4.78, 5) is 19.7. The molecule has 0 unspecified atom stereocenters. The van der Waals surface area contributed by atoms with Gasteiger partial charge in [0.25, 0.3) is 0 Å². The van der Waals surface area contributed by atoms with E-state index in [2.05, 4.69) is 9.97 Å². The first-order chi connectivity index (χ1) is 9.88. The Morgan fingerprint density at radius 2 is 2.00 bits per heavy atom. The van der Waals surface area contributed by atoms with Crippen molar-refractivity contribution < 1.29 is 9.90 Å². The Hall–Kier alpha value is -1.30. The monoisotopic (exact) mass is 342 g/mol. The lowest BCUT2D eigenvalue weighted by Crippen LogP contribution is -2.08. The zero-order chi connectivity index (χ0) is 15.6. The number of halogens is 2. The predicted octanol–water partition coefficient (Wildman–Crippen LogP) is 4.39. The number of hydrogen-bond acceptors (Lipinski definition) is 4. The fraction of sp³-hybridized carbons (Fsp3) is 0.214. The molecule has 0 fully saturated rings. The summed E-state index contributed by atoms with van der Waals surface area (Å²) in [5.41, 5.74) is 1.46. The Kier molecular flexibility index (Phi) is 5.08. The number of thioether (sulfide) groups is 1. The van der Waals surface area contributed by atoms with E-state index >= 15 is 0 Å². The first-order valence-electron chi connectivity index (χ1n) is 6.03. The van der Waals surface area contributed by atoms with Crippen LogP contribution in [0.4, 0.5) is 0 Å². The molecule has 0 saturated carbocycles. The molecule has 0 bridgehead atoms. The zero-order valence-corrected chi connectivity index (χ0v) is 13.7. The molecule has 21 heavy (non-hydrogen) atoms. The normalized spacial score (nSPS) is 10.7. The number of carboxylic acids is 1. The van der Waals surface area contributed by atoms with Crippen molar-refractivity contribution in [1.29, 1.82) is 0 Å². The maximum atomic E-state index is 11.3. The van der Waals surface area contributed by atoms with Crippen molar-refractivity contribution in [2.45, 2.75) is 24.6 Å². The molecule has 0 aliphatic heterocycles. The van der Waals surface area contributed by atoms with Gasteiger partial charge >= 0.3 is 5.97 Å². The second kappa shape index (κ2) is 6.64. The van der Waals surface area contributed by atoms with Crippen LogP contribution in [0.25, 0.3) is 0 Å². The minimum atomic E-state index is -1.03. The van der Waals surface area contributed by atoms with Crippen molar-refractivity contribution in [2.75, 3.05) is 0 Å². The predicted molar refractivity (Wildman–Crippen MR) is 84.5 cm³/mol. The van der Waals surface area contributed by atoms with Crippen LogP contribution in [-0.2, 0) is 5.75 Å². The number of rotatable bonds is 4. The Morgan fingerprint density at radius 1 is 1.29 bits per heavy atom. The maximum absolute atomic E-state index is 11.3. The summed E-state index contributed by atoms with van der Waals surface area (Å²) in [6.45, 7) is 3.40. The van der Waals surface area contributed by atoms with E-state index < -0.39 is 5.97 Å². The van der Waals surface area contributed by atoms with Gasteiger partial charge < -0.3 is 5.11 Å². The van der Waals surface area contributed by atoms with Crippen LogP contribution in [0.15, 0.2) is 23.2 Å². The fourth-order valence-corrected chi connectivity index (χ4v) is 3.49. The lowest BCUT2D eigenvalue weighted by atomic mass is 10.2. The summed E-state index contributed by atoms with van der Waals surface area (Å²) in [7, 11) is 0. The van der Waals surface area contributed by atoms with Crippen molar-refractivity contribution in [3.63, 3.8) is 0 Å². The second-order valence-electron chi connectivity index (χ2n) is 4.37. The molecule has 110 valence electrons. The molecule has 0 atom stereocenters. The van der Waals surface area contributed by atoms with Crippen molar-refractivity contribution in [2.24, 2.45) is 0 Å². The van der Waals surface area contributed by atoms with Crippen LogP contribution in [0, 0.1) is 13.8 Å². The molecule has 1 N–H and O–H groups in total. The van der Waals surface area contributed by atoms with Gasteiger partial charge in [-0.05, 0) is 31.5 Å². The minimum Gasteiger partial charge on any atom is -0.478 e. The summed E-state index contributed by atoms with van der Waals surface area (Å²) < 4.78 is 0. The molecule has 4 nitrogen and oxygen atoms in total. The van der Waals surface area contributed by atoms with Crippen molar-refractivity contribution >= 4 is 40.9 Å². The van der Waals surface area contributed by atoms with Gasteiger partial charge in [-0.15, -0.1) is 11.8 Å². The number of aromatic carboxylic acids is 1. The zero-order valence-electron chi connectivity index (χ0n) is 11.4. The standard InChI is InChI=1S/C14H12Cl2N2O2S/c1-7-12(14(19)20)13(18-8(2)17-7)21-6-9-3-4-10(15)5-11(9)16/h3-5H,6H2,1-2H3,(H,19,20). The largest absolute Gasteiger partial charge is 0.478 e. The van der Waals surface area contributed by atoms with Crippen molar-refractivity contribution in [3.05, 3.63) is 50.9 Å². The Balaban J connectivity index is 2.29. The fourth-order valence-electron chi connectivity index (χ4n) is 1.82. The molecular formula is C14H12Cl2N2O2S. The Labute approximate surface area is 136 Å². The molecule has 0 saturated heterocycles. The number of carbonyl (C=O) groups is 1. The molecule has 2 rings (SSSR count). The number of aryl methyl sites for hydroxylation is 2. The summed E-state index contributed by atoms with van der Waals surface area (Å²) in [6.07, 6.45) is 0. The average Bonchev–Trinajstić information content (AvgIpc) is 2.36. The van der Waals surface area contributed by atoms with Gasteiger partial charge in [0.15, 0.2) is 0 Å². The highest BCUT2D eigenvalue weighted by molar-refractivity contribution is 7.98. The van der Waals surface area contributed by atoms with Crippen molar-refractivity contribution in [1.82, 2.24) is 9.97 Å². The van der Waals surface area contributed by atoms with E-state index in [0.717, 1.165) is 5.56 Å². The quantitative estimate of drug-likeness (QED) is 0.659. The third-order valence-electron chi connectivity index (χ3n) is 2.76. The average molecular weight is 343 g/mol. The molecule has 7 heteroatoms. The third kappa shape index (κ3) is 3.87. The summed E-state index contributed by atoms with van der Waals surface area (Å²) in [5.74, 6) is 0.0195. The Bertz CT molecular complexity index is 708. The van der Waals surface area contributed by atoms with Gasteiger partial charge in [0.1, 0.15) is 16.4 Å². The highest BCUT2D eigenvalue weighted by Crippen LogP contribution is 2.30. The van der Waals surface area contributed by atoms with Crippen LogP contribution in [0.2, 0.25) is 10.0 Å². The van der Waals surface area contributed by atoms with Gasteiger partial charge in [-0.2, -0.15) is 0 Å². The van der Waals surface area contributed by atoms with Gasteiger partial charge in [0.05, 0.1) is 5.69 Å². The summed E-state index contributed by atoms with van der Waals surface area (Å²) in [5, 5.41) is 10.8. The molecule has 1 aromatic heterocycles. The van der Waals surface area contributed by atoms with Crippen LogP contribution < -0.4 is 0 Å². The second-order valence-corrected chi connectivity index (χ2v) is 6.17. The third-order valence-corrected chi connectivity index (χ3v) is 4.37. The van der Waals surface area contributed by atoms with Gasteiger partial charge in [-0.1, -0.05) is 29.3 Å². The molecule has 1 heterocycles. The number of aromatic nitrogens is 2. The topological polar surface area (TPSA) is 63.1 Å². The van der Waals surface area contributed by atoms with E-state index in [1.807, 2.05) is 6.07 Å². The molecular weight excluding hydrogens is 331 g/mol. The molecule has 0 radical (unpaired) electrons. The number of benzene rings is 1. The first kappa shape index (κ1) is 16.1. The van der Waals surface area contributed by atoms with Gasteiger partial charge in [0, 0.05) is 15.8 Å². The van der Waals surface area contributed by atoms with Crippen LogP contribution in [0.3, 0.4) is 0 Å². The van der Waals surface area contributed by atoms with E-state index in [1.165, 1.54) is 11.8 Å². The van der Waals surface area contributed by atoms with Crippen LogP contribution >= 0.6 is 35.0 Å². The molecule has 1 aromatic carbocycles. The first-order valence-corrected chi connectivity index (χ1v) is 7.78. The smallest absolute Gasteiger partial charge is 0.340 e. The number of carboxylic acid groups (broad SMARTS) is 1. The lowest BCUT2D eigenvalue weighted by Gasteiger charge is -2.09. The lowest BCUT2D eigenvalue weighted by molar-refractivity contribution is 0.0690. The highest BCUT2D eigenvalue weighted by Gasteiger charge is 2.17. The summed E-state index contributed by atoms with van der Waals surface area (Å²) >= 11 is 13.3.